The third kappa shape index (κ3) is 2.92. The molecule has 0 saturated carbocycles. The fraction of sp³-hybridized carbons (Fsp3) is 0.235. The second-order valence-corrected chi connectivity index (χ2v) is 7.36. The van der Waals surface area contributed by atoms with Crippen LogP contribution < -0.4 is 0 Å². The van der Waals surface area contributed by atoms with Gasteiger partial charge in [-0.05, 0) is 36.8 Å². The van der Waals surface area contributed by atoms with Gasteiger partial charge in [0.2, 0.25) is 0 Å². The summed E-state index contributed by atoms with van der Waals surface area (Å²) in [5.74, 6) is -0.351. The van der Waals surface area contributed by atoms with E-state index in [0.29, 0.717) is 0 Å². The minimum absolute atomic E-state index is 0.00501. The molecule has 0 fully saturated rings. The summed E-state index contributed by atoms with van der Waals surface area (Å²) in [5.41, 5.74) is 1.51. The molecule has 0 amide bonds. The van der Waals surface area contributed by atoms with Crippen LogP contribution in [0, 0.1) is 5.82 Å². The van der Waals surface area contributed by atoms with E-state index >= 15 is 0 Å². The number of hydrogen-bond acceptors (Lipinski definition) is 3. The van der Waals surface area contributed by atoms with Gasteiger partial charge in [-0.1, -0.05) is 19.1 Å². The van der Waals surface area contributed by atoms with Crippen LogP contribution in [0.2, 0.25) is 0 Å². The molecule has 3 aromatic rings. The average Bonchev–Trinajstić information content (AvgIpc) is 3.03. The SMILES string of the molecule is CCN([C@@H](C)c1ccc(F)cc1)S(=O)(=O)c1cc2cc[nH]c2cn1. The van der Waals surface area contributed by atoms with E-state index in [9.17, 15) is 12.8 Å². The summed E-state index contributed by atoms with van der Waals surface area (Å²) >= 11 is 0. The Morgan fingerprint density at radius 3 is 2.62 bits per heavy atom. The molecule has 2 heterocycles. The second kappa shape index (κ2) is 6.33. The van der Waals surface area contributed by atoms with Gasteiger partial charge in [0.25, 0.3) is 10.0 Å². The number of nitrogens with one attached hydrogen (secondary N) is 1. The summed E-state index contributed by atoms with van der Waals surface area (Å²) in [7, 11) is -3.76. The van der Waals surface area contributed by atoms with E-state index in [1.807, 2.05) is 0 Å². The average molecular weight is 347 g/mol. The van der Waals surface area contributed by atoms with Crippen molar-refractivity contribution in [1.29, 1.82) is 0 Å². The van der Waals surface area contributed by atoms with Crippen molar-refractivity contribution in [2.24, 2.45) is 0 Å². The Labute approximate surface area is 140 Å². The molecule has 5 nitrogen and oxygen atoms in total. The van der Waals surface area contributed by atoms with Gasteiger partial charge in [-0.15, -0.1) is 0 Å². The fourth-order valence-electron chi connectivity index (χ4n) is 2.75. The molecule has 126 valence electrons. The van der Waals surface area contributed by atoms with Crippen molar-refractivity contribution in [3.8, 4) is 0 Å². The molecular formula is C17H18FN3O2S. The smallest absolute Gasteiger partial charge is 0.261 e. The lowest BCUT2D eigenvalue weighted by Crippen LogP contribution is -2.34. The minimum Gasteiger partial charge on any atom is -0.360 e. The summed E-state index contributed by atoms with van der Waals surface area (Å²) in [6.07, 6.45) is 3.25. The third-order valence-electron chi connectivity index (χ3n) is 4.08. The Bertz CT molecular complexity index is 951. The van der Waals surface area contributed by atoms with E-state index < -0.39 is 16.1 Å². The molecule has 1 atom stereocenters. The Morgan fingerprint density at radius 2 is 1.96 bits per heavy atom. The van der Waals surface area contributed by atoms with E-state index in [-0.39, 0.29) is 17.4 Å². The highest BCUT2D eigenvalue weighted by Crippen LogP contribution is 2.27. The van der Waals surface area contributed by atoms with Crippen LogP contribution in [-0.2, 0) is 10.0 Å². The standard InChI is InChI=1S/C17H18FN3O2S/c1-3-21(12(2)13-4-6-15(18)7-5-13)24(22,23)17-10-14-8-9-19-16(14)11-20-17/h4-12,19H,3H2,1-2H3/t12-/m0/s1. The first kappa shape index (κ1) is 16.6. The first-order valence-corrected chi connectivity index (χ1v) is 9.08. The Morgan fingerprint density at radius 1 is 1.25 bits per heavy atom. The van der Waals surface area contributed by atoms with Crippen molar-refractivity contribution in [3.05, 3.63) is 60.2 Å². The molecule has 24 heavy (non-hydrogen) atoms. The number of aromatic amines is 1. The fourth-order valence-corrected chi connectivity index (χ4v) is 4.33. The minimum atomic E-state index is -3.76. The van der Waals surface area contributed by atoms with Gasteiger partial charge >= 0.3 is 0 Å². The van der Waals surface area contributed by atoms with Crippen LogP contribution in [0.25, 0.3) is 10.9 Å². The zero-order valence-corrected chi connectivity index (χ0v) is 14.2. The van der Waals surface area contributed by atoms with Crippen molar-refractivity contribution < 1.29 is 12.8 Å². The van der Waals surface area contributed by atoms with Crippen LogP contribution in [0.4, 0.5) is 4.39 Å². The molecule has 0 aliphatic carbocycles. The third-order valence-corrected chi connectivity index (χ3v) is 6.03. The summed E-state index contributed by atoms with van der Waals surface area (Å²) in [6, 6.07) is 8.79. The molecule has 0 aliphatic rings. The maximum Gasteiger partial charge on any atom is 0.261 e. The molecule has 0 unspecified atom stereocenters. The van der Waals surface area contributed by atoms with Crippen LogP contribution in [0.1, 0.15) is 25.5 Å². The van der Waals surface area contributed by atoms with E-state index in [1.165, 1.54) is 22.6 Å². The van der Waals surface area contributed by atoms with E-state index in [2.05, 4.69) is 9.97 Å². The van der Waals surface area contributed by atoms with Gasteiger partial charge in [0.1, 0.15) is 5.82 Å². The monoisotopic (exact) mass is 347 g/mol. The molecule has 7 heteroatoms. The Kier molecular flexibility index (Phi) is 4.38. The maximum atomic E-state index is 13.1. The molecule has 0 aliphatic heterocycles. The predicted molar refractivity (Wildman–Crippen MR) is 90.5 cm³/mol. The van der Waals surface area contributed by atoms with Crippen LogP contribution in [0.3, 0.4) is 0 Å². The molecule has 0 bridgehead atoms. The normalized spacial score (nSPS) is 13.5. The number of sulfonamides is 1. The number of H-pyrrole nitrogens is 1. The van der Waals surface area contributed by atoms with Crippen molar-refractivity contribution in [3.63, 3.8) is 0 Å². The zero-order chi connectivity index (χ0) is 17.3. The topological polar surface area (TPSA) is 66.1 Å². The molecule has 0 saturated heterocycles. The highest BCUT2D eigenvalue weighted by Gasteiger charge is 2.30. The highest BCUT2D eigenvalue weighted by atomic mass is 32.2. The lowest BCUT2D eigenvalue weighted by Gasteiger charge is -2.27. The van der Waals surface area contributed by atoms with Gasteiger partial charge in [0.15, 0.2) is 5.03 Å². The predicted octanol–water partition coefficient (Wildman–Crippen LogP) is 3.47. The Balaban J connectivity index is 1.99. The van der Waals surface area contributed by atoms with Gasteiger partial charge < -0.3 is 4.98 Å². The summed E-state index contributed by atoms with van der Waals surface area (Å²) < 4.78 is 40.4. The zero-order valence-electron chi connectivity index (χ0n) is 13.4. The quantitative estimate of drug-likeness (QED) is 0.768. The number of benzene rings is 1. The van der Waals surface area contributed by atoms with Gasteiger partial charge in [0.05, 0.1) is 11.7 Å². The molecular weight excluding hydrogens is 329 g/mol. The van der Waals surface area contributed by atoms with Crippen LogP contribution >= 0.6 is 0 Å². The lowest BCUT2D eigenvalue weighted by atomic mass is 10.1. The van der Waals surface area contributed by atoms with Crippen molar-refractivity contribution in [2.75, 3.05) is 6.54 Å². The number of aromatic nitrogens is 2. The van der Waals surface area contributed by atoms with Gasteiger partial charge in [-0.2, -0.15) is 4.31 Å². The second-order valence-electron chi connectivity index (χ2n) is 5.52. The number of pyridine rings is 1. The largest absolute Gasteiger partial charge is 0.360 e. The molecule has 3 rings (SSSR count). The summed E-state index contributed by atoms with van der Waals surface area (Å²) in [6.45, 7) is 3.84. The van der Waals surface area contributed by atoms with Crippen LogP contribution in [0.5, 0.6) is 0 Å². The number of rotatable bonds is 5. The first-order chi connectivity index (χ1) is 11.4. The highest BCUT2D eigenvalue weighted by molar-refractivity contribution is 7.89. The molecule has 0 radical (unpaired) electrons. The number of nitrogens with zero attached hydrogens (tertiary/aromatic N) is 2. The van der Waals surface area contributed by atoms with Gasteiger partial charge in [-0.25, -0.2) is 17.8 Å². The van der Waals surface area contributed by atoms with E-state index in [1.54, 1.807) is 44.3 Å². The maximum absolute atomic E-state index is 13.1. The van der Waals surface area contributed by atoms with Gasteiger partial charge in [-0.3, -0.25) is 0 Å². The van der Waals surface area contributed by atoms with Gasteiger partial charge in [0, 0.05) is 24.2 Å². The molecule has 1 aromatic carbocycles. The number of fused-ring (bicyclic) bond motifs is 1. The lowest BCUT2D eigenvalue weighted by molar-refractivity contribution is 0.355. The van der Waals surface area contributed by atoms with Crippen molar-refractivity contribution >= 4 is 20.9 Å². The number of halogens is 1. The Hall–Kier alpha value is -2.25. The van der Waals surface area contributed by atoms with Crippen LogP contribution in [-0.4, -0.2) is 29.2 Å². The summed E-state index contributed by atoms with van der Waals surface area (Å²) in [5, 5.41) is 0.791. The van der Waals surface area contributed by atoms with E-state index in [0.717, 1.165) is 16.5 Å². The van der Waals surface area contributed by atoms with Crippen molar-refractivity contribution in [2.45, 2.75) is 24.9 Å². The van der Waals surface area contributed by atoms with E-state index in [4.69, 9.17) is 0 Å². The molecule has 2 aromatic heterocycles. The first-order valence-electron chi connectivity index (χ1n) is 7.64. The van der Waals surface area contributed by atoms with Crippen LogP contribution in [0.15, 0.2) is 53.8 Å². The molecule has 0 spiro atoms. The summed E-state index contributed by atoms with van der Waals surface area (Å²) in [4.78, 5) is 7.08. The van der Waals surface area contributed by atoms with Crippen molar-refractivity contribution in [1.82, 2.24) is 14.3 Å². The molecule has 1 N–H and O–H groups in total. The number of hydrogen-bond donors (Lipinski definition) is 1.